The highest BCUT2D eigenvalue weighted by molar-refractivity contribution is 7.17. The Morgan fingerprint density at radius 1 is 1.41 bits per heavy atom. The van der Waals surface area contributed by atoms with Crippen LogP contribution in [0.25, 0.3) is 6.08 Å². The van der Waals surface area contributed by atoms with Gasteiger partial charge < -0.3 is 15.0 Å². The summed E-state index contributed by atoms with van der Waals surface area (Å²) >= 11 is 1.40. The third-order valence-corrected chi connectivity index (χ3v) is 5.73. The van der Waals surface area contributed by atoms with Crippen molar-refractivity contribution < 1.29 is 24.1 Å². The van der Waals surface area contributed by atoms with Crippen molar-refractivity contribution >= 4 is 40.0 Å². The SMILES string of the molecule is CCOC(=O)c1c(NC(=O)/C=C\c2cccc([N+](=O)[O-])c2)sc2c1CC[NH+](C)C2. The Labute approximate surface area is 171 Å². The summed E-state index contributed by atoms with van der Waals surface area (Å²) < 4.78 is 5.19. The predicted octanol–water partition coefficient (Wildman–Crippen LogP) is 2.06. The number of likely N-dealkylation sites (N-methyl/N-ethyl adjacent to an activating group) is 1. The minimum Gasteiger partial charge on any atom is -0.462 e. The van der Waals surface area contributed by atoms with E-state index in [9.17, 15) is 19.7 Å². The number of non-ortho nitro benzene ring substituents is 1. The van der Waals surface area contributed by atoms with E-state index in [2.05, 4.69) is 12.4 Å². The Bertz CT molecular complexity index is 982. The quantitative estimate of drug-likeness (QED) is 0.325. The number of esters is 1. The van der Waals surface area contributed by atoms with Gasteiger partial charge in [0.15, 0.2) is 0 Å². The minimum absolute atomic E-state index is 0.0466. The van der Waals surface area contributed by atoms with Crippen molar-refractivity contribution in [1.82, 2.24) is 0 Å². The van der Waals surface area contributed by atoms with Gasteiger partial charge in [0.05, 0.1) is 35.6 Å². The number of amides is 1. The molecule has 1 atom stereocenters. The molecule has 0 fully saturated rings. The van der Waals surface area contributed by atoms with Crippen LogP contribution in [-0.4, -0.2) is 37.0 Å². The number of anilines is 1. The number of rotatable bonds is 6. The van der Waals surface area contributed by atoms with E-state index in [1.165, 1.54) is 40.5 Å². The lowest BCUT2D eigenvalue weighted by molar-refractivity contribution is -0.895. The zero-order valence-corrected chi connectivity index (χ0v) is 17.0. The molecule has 9 heteroatoms. The molecule has 2 aromatic rings. The van der Waals surface area contributed by atoms with Crippen LogP contribution in [0.1, 0.15) is 33.3 Å². The molecule has 2 heterocycles. The number of carbonyl (C=O) groups is 2. The standard InChI is InChI=1S/C20H21N3O5S/c1-3-28-20(25)18-15-9-10-22(2)12-16(15)29-19(18)21-17(24)8-7-13-5-4-6-14(11-13)23(26)27/h4-8,11H,3,9-10,12H2,1-2H3,(H,21,24)/p+1/b8-7-. The zero-order chi connectivity index (χ0) is 21.0. The van der Waals surface area contributed by atoms with Crippen LogP contribution < -0.4 is 10.2 Å². The van der Waals surface area contributed by atoms with Gasteiger partial charge in [0, 0.05) is 24.6 Å². The molecular weight excluding hydrogens is 394 g/mol. The van der Waals surface area contributed by atoms with Gasteiger partial charge >= 0.3 is 5.97 Å². The van der Waals surface area contributed by atoms with E-state index >= 15 is 0 Å². The van der Waals surface area contributed by atoms with Gasteiger partial charge in [-0.15, -0.1) is 11.3 Å². The highest BCUT2D eigenvalue weighted by atomic mass is 32.1. The maximum absolute atomic E-state index is 12.5. The van der Waals surface area contributed by atoms with Crippen molar-refractivity contribution in [2.75, 3.05) is 25.5 Å². The molecule has 1 aliphatic heterocycles. The fourth-order valence-corrected chi connectivity index (χ4v) is 4.55. The minimum atomic E-state index is -0.488. The van der Waals surface area contributed by atoms with E-state index in [1.54, 1.807) is 19.1 Å². The van der Waals surface area contributed by atoms with Gasteiger partial charge in [-0.2, -0.15) is 0 Å². The van der Waals surface area contributed by atoms with Gasteiger partial charge in [0.25, 0.3) is 5.69 Å². The molecule has 29 heavy (non-hydrogen) atoms. The van der Waals surface area contributed by atoms with E-state index in [1.807, 2.05) is 0 Å². The van der Waals surface area contributed by atoms with E-state index in [0.29, 0.717) is 16.1 Å². The third-order valence-electron chi connectivity index (χ3n) is 4.58. The molecule has 3 rings (SSSR count). The first-order valence-electron chi connectivity index (χ1n) is 9.25. The van der Waals surface area contributed by atoms with E-state index < -0.39 is 16.8 Å². The van der Waals surface area contributed by atoms with Crippen LogP contribution in [-0.2, 0) is 22.5 Å². The Balaban J connectivity index is 1.82. The average Bonchev–Trinajstić information content (AvgIpc) is 3.03. The lowest BCUT2D eigenvalue weighted by Gasteiger charge is -2.19. The number of thiophene rings is 1. The summed E-state index contributed by atoms with van der Waals surface area (Å²) in [6.07, 6.45) is 3.55. The number of fused-ring (bicyclic) bond motifs is 1. The van der Waals surface area contributed by atoms with Crippen LogP contribution in [0.2, 0.25) is 0 Å². The van der Waals surface area contributed by atoms with Gasteiger partial charge in [-0.05, 0) is 24.1 Å². The molecule has 0 bridgehead atoms. The molecule has 1 unspecified atom stereocenters. The maximum atomic E-state index is 12.5. The number of nitro benzene ring substituents is 1. The zero-order valence-electron chi connectivity index (χ0n) is 16.2. The number of ether oxygens (including phenoxy) is 1. The smallest absolute Gasteiger partial charge is 0.341 e. The normalized spacial score (nSPS) is 15.7. The molecule has 0 saturated heterocycles. The molecule has 0 saturated carbocycles. The second kappa shape index (κ2) is 8.97. The average molecular weight is 416 g/mol. The Kier molecular flexibility index (Phi) is 6.40. The van der Waals surface area contributed by atoms with Crippen molar-refractivity contribution in [1.29, 1.82) is 0 Å². The van der Waals surface area contributed by atoms with Crippen LogP contribution in [0.15, 0.2) is 30.3 Å². The second-order valence-electron chi connectivity index (χ2n) is 6.74. The molecule has 1 aliphatic rings. The summed E-state index contributed by atoms with van der Waals surface area (Å²) in [5.41, 5.74) is 1.89. The van der Waals surface area contributed by atoms with E-state index in [-0.39, 0.29) is 12.3 Å². The fraction of sp³-hybridized carbons (Fsp3) is 0.300. The van der Waals surface area contributed by atoms with Gasteiger partial charge in [-0.1, -0.05) is 12.1 Å². The Hall–Kier alpha value is -3.04. The maximum Gasteiger partial charge on any atom is 0.341 e. The molecule has 0 aliphatic carbocycles. The number of nitrogens with one attached hydrogen (secondary N) is 2. The first-order chi connectivity index (χ1) is 13.9. The lowest BCUT2D eigenvalue weighted by atomic mass is 10.0. The lowest BCUT2D eigenvalue weighted by Crippen LogP contribution is -3.08. The van der Waals surface area contributed by atoms with Crippen LogP contribution in [0.4, 0.5) is 10.7 Å². The summed E-state index contributed by atoms with van der Waals surface area (Å²) in [6.45, 7) is 3.71. The molecule has 1 aromatic carbocycles. The summed E-state index contributed by atoms with van der Waals surface area (Å²) in [6, 6.07) is 6.00. The topological polar surface area (TPSA) is 103 Å². The summed E-state index contributed by atoms with van der Waals surface area (Å²) in [5.74, 6) is -0.844. The van der Waals surface area contributed by atoms with Gasteiger partial charge in [0.2, 0.25) is 5.91 Å². The molecule has 2 N–H and O–H groups in total. The number of benzene rings is 1. The first kappa shape index (κ1) is 20.7. The van der Waals surface area contributed by atoms with E-state index in [4.69, 9.17) is 4.74 Å². The largest absolute Gasteiger partial charge is 0.462 e. The van der Waals surface area contributed by atoms with Gasteiger partial charge in [0.1, 0.15) is 11.5 Å². The van der Waals surface area contributed by atoms with Crippen LogP contribution in [0.3, 0.4) is 0 Å². The summed E-state index contributed by atoms with van der Waals surface area (Å²) in [4.78, 5) is 37.7. The third kappa shape index (κ3) is 4.87. The van der Waals surface area contributed by atoms with Crippen molar-refractivity contribution in [2.24, 2.45) is 0 Å². The number of quaternary nitrogens is 1. The molecule has 152 valence electrons. The molecule has 1 aromatic heterocycles. The van der Waals surface area contributed by atoms with Crippen molar-refractivity contribution in [3.8, 4) is 0 Å². The highest BCUT2D eigenvalue weighted by Crippen LogP contribution is 2.35. The van der Waals surface area contributed by atoms with Crippen LogP contribution in [0, 0.1) is 10.1 Å². The van der Waals surface area contributed by atoms with Crippen molar-refractivity contribution in [3.63, 3.8) is 0 Å². The molecule has 8 nitrogen and oxygen atoms in total. The summed E-state index contributed by atoms with van der Waals surface area (Å²) in [7, 11) is 2.09. The number of carbonyl (C=O) groups excluding carboxylic acids is 2. The summed E-state index contributed by atoms with van der Waals surface area (Å²) in [5, 5.41) is 14.1. The molecule has 0 radical (unpaired) electrons. The number of hydrogen-bond acceptors (Lipinski definition) is 6. The van der Waals surface area contributed by atoms with Gasteiger partial charge in [-0.3, -0.25) is 14.9 Å². The number of nitrogens with zero attached hydrogens (tertiary/aromatic N) is 1. The van der Waals surface area contributed by atoms with Crippen LogP contribution >= 0.6 is 11.3 Å². The Morgan fingerprint density at radius 3 is 2.93 bits per heavy atom. The van der Waals surface area contributed by atoms with Crippen molar-refractivity contribution in [3.05, 3.63) is 62.0 Å². The molecular formula is C20H22N3O5S+. The first-order valence-corrected chi connectivity index (χ1v) is 10.1. The van der Waals surface area contributed by atoms with E-state index in [0.717, 1.165) is 30.0 Å². The fourth-order valence-electron chi connectivity index (χ4n) is 3.20. The highest BCUT2D eigenvalue weighted by Gasteiger charge is 2.29. The van der Waals surface area contributed by atoms with Crippen LogP contribution in [0.5, 0.6) is 0 Å². The number of nitro groups is 1. The predicted molar refractivity (Wildman–Crippen MR) is 110 cm³/mol. The monoisotopic (exact) mass is 416 g/mol. The molecule has 0 spiro atoms. The van der Waals surface area contributed by atoms with Crippen molar-refractivity contribution in [2.45, 2.75) is 19.9 Å². The second-order valence-corrected chi connectivity index (χ2v) is 7.84. The Morgan fingerprint density at radius 2 is 2.21 bits per heavy atom. The van der Waals surface area contributed by atoms with Gasteiger partial charge in [-0.25, -0.2) is 4.79 Å². The molecule has 1 amide bonds. The number of hydrogen-bond donors (Lipinski definition) is 2.